The molecule has 0 atom stereocenters. The predicted molar refractivity (Wildman–Crippen MR) is 256 cm³/mol. The first kappa shape index (κ1) is 35.7. The van der Waals surface area contributed by atoms with Gasteiger partial charge in [-0.05, 0) is 115 Å². The second-order valence-corrected chi connectivity index (χ2v) is 18.3. The summed E-state index contributed by atoms with van der Waals surface area (Å²) in [5, 5.41) is 12.5. The molecule has 0 saturated carbocycles. The molecule has 61 heavy (non-hydrogen) atoms. The van der Waals surface area contributed by atoms with Gasteiger partial charge in [-0.3, -0.25) is 0 Å². The summed E-state index contributed by atoms with van der Waals surface area (Å²) in [4.78, 5) is 15.4. The van der Waals surface area contributed by atoms with Gasteiger partial charge in [0.2, 0.25) is 0 Å². The minimum atomic E-state index is 0.0688. The molecule has 0 saturated heterocycles. The van der Waals surface area contributed by atoms with Crippen molar-refractivity contribution in [3.8, 4) is 39.9 Å². The Morgan fingerprint density at radius 3 is 1.57 bits per heavy atom. The molecule has 0 fully saturated rings. The lowest BCUT2D eigenvalue weighted by atomic mass is 9.63. The maximum atomic E-state index is 5.20. The van der Waals surface area contributed by atoms with Gasteiger partial charge in [0.15, 0.2) is 17.5 Å². The molecule has 12 rings (SSSR count). The Morgan fingerprint density at radius 2 is 0.885 bits per heavy atom. The summed E-state index contributed by atoms with van der Waals surface area (Å²) < 4.78 is 2.52. The van der Waals surface area contributed by atoms with Crippen LogP contribution < -0.4 is 0 Å². The highest BCUT2D eigenvalue weighted by molar-refractivity contribution is 6.32. The van der Waals surface area contributed by atoms with Crippen molar-refractivity contribution in [2.75, 3.05) is 0 Å². The number of rotatable bonds is 4. The van der Waals surface area contributed by atoms with Crippen LogP contribution in [-0.4, -0.2) is 19.5 Å². The maximum Gasteiger partial charge on any atom is 0.164 e. The molecule has 0 aliphatic heterocycles. The van der Waals surface area contributed by atoms with E-state index in [0.29, 0.717) is 17.5 Å². The topological polar surface area (TPSA) is 43.6 Å². The van der Waals surface area contributed by atoms with Gasteiger partial charge in [0, 0.05) is 38.5 Å². The van der Waals surface area contributed by atoms with E-state index >= 15 is 0 Å². The fourth-order valence-electron chi connectivity index (χ4n) is 10.3. The molecule has 0 N–H and O–H groups in total. The fourth-order valence-corrected chi connectivity index (χ4v) is 10.3. The normalized spacial score (nSPS) is 14.7. The molecule has 0 bridgehead atoms. The standard InChI is InChI=1S/C57H44N4/c1-56(2)30-31-57(3,4)49-34-50-47(33-48(49)56)51-44-20-12-10-18-42(44)43-19-11-13-21-45(43)52(51)61(50)40-28-26-38(27-29-40)54-58-53(37-15-6-5-7-16-37)59-55(60-54)39-25-24-36-23-22-35-14-8-9-17-41(35)46(36)32-39/h5-29,32-34H,30-31H2,1-4H3. The van der Waals surface area contributed by atoms with Gasteiger partial charge in [-0.2, -0.15) is 0 Å². The summed E-state index contributed by atoms with van der Waals surface area (Å²) in [7, 11) is 0. The Balaban J connectivity index is 1.08. The van der Waals surface area contributed by atoms with E-state index in [1.807, 2.05) is 18.2 Å². The smallest absolute Gasteiger partial charge is 0.164 e. The van der Waals surface area contributed by atoms with Gasteiger partial charge in [0.05, 0.1) is 11.0 Å². The van der Waals surface area contributed by atoms with Crippen LogP contribution in [0, 0.1) is 0 Å². The Morgan fingerprint density at radius 1 is 0.393 bits per heavy atom. The Bertz CT molecular complexity index is 3580. The third-order valence-corrected chi connectivity index (χ3v) is 13.7. The average molecular weight is 785 g/mol. The van der Waals surface area contributed by atoms with Crippen molar-refractivity contribution in [1.29, 1.82) is 0 Å². The zero-order valence-electron chi connectivity index (χ0n) is 34.9. The summed E-state index contributed by atoms with van der Waals surface area (Å²) >= 11 is 0. The Hall–Kier alpha value is -7.17. The summed E-state index contributed by atoms with van der Waals surface area (Å²) in [5.41, 5.74) is 9.53. The van der Waals surface area contributed by atoms with Gasteiger partial charge in [0.25, 0.3) is 0 Å². The van der Waals surface area contributed by atoms with E-state index in [1.165, 1.54) is 82.4 Å². The second-order valence-electron chi connectivity index (χ2n) is 18.3. The van der Waals surface area contributed by atoms with E-state index in [9.17, 15) is 0 Å². The number of fused-ring (bicyclic) bond motifs is 12. The van der Waals surface area contributed by atoms with Gasteiger partial charge in [-0.25, -0.2) is 15.0 Å². The van der Waals surface area contributed by atoms with Crippen LogP contribution in [0.4, 0.5) is 0 Å². The number of aromatic nitrogens is 4. The van der Waals surface area contributed by atoms with Crippen LogP contribution in [0.25, 0.3) is 105 Å². The molecular weight excluding hydrogens is 741 g/mol. The predicted octanol–water partition coefficient (Wildman–Crippen LogP) is 14.9. The van der Waals surface area contributed by atoms with Gasteiger partial charge < -0.3 is 4.57 Å². The van der Waals surface area contributed by atoms with Crippen molar-refractivity contribution in [2.24, 2.45) is 0 Å². The Kier molecular flexibility index (Phi) is 7.71. The monoisotopic (exact) mass is 784 g/mol. The van der Waals surface area contributed by atoms with Crippen LogP contribution in [0.2, 0.25) is 0 Å². The molecule has 9 aromatic carbocycles. The van der Waals surface area contributed by atoms with E-state index in [4.69, 9.17) is 15.0 Å². The fraction of sp³-hybridized carbons (Fsp3) is 0.140. The quantitative estimate of drug-likeness (QED) is 0.167. The van der Waals surface area contributed by atoms with Crippen molar-refractivity contribution in [1.82, 2.24) is 19.5 Å². The highest BCUT2D eigenvalue weighted by Gasteiger charge is 2.38. The molecule has 11 aromatic rings. The van der Waals surface area contributed by atoms with Crippen LogP contribution >= 0.6 is 0 Å². The third kappa shape index (κ3) is 5.55. The molecular formula is C57H44N4. The van der Waals surface area contributed by atoms with E-state index < -0.39 is 0 Å². The summed E-state index contributed by atoms with van der Waals surface area (Å²) in [6.45, 7) is 9.70. The second kappa shape index (κ2) is 13.2. The molecule has 292 valence electrons. The van der Waals surface area contributed by atoms with Crippen molar-refractivity contribution in [3.63, 3.8) is 0 Å². The number of hydrogen-bond donors (Lipinski definition) is 0. The molecule has 2 heterocycles. The summed E-state index contributed by atoms with van der Waals surface area (Å²) in [6.07, 6.45) is 2.33. The van der Waals surface area contributed by atoms with Crippen LogP contribution in [0.15, 0.2) is 170 Å². The van der Waals surface area contributed by atoms with Gasteiger partial charge in [-0.1, -0.05) is 155 Å². The van der Waals surface area contributed by atoms with Crippen LogP contribution in [0.3, 0.4) is 0 Å². The van der Waals surface area contributed by atoms with E-state index in [-0.39, 0.29) is 10.8 Å². The molecule has 0 radical (unpaired) electrons. The van der Waals surface area contributed by atoms with Crippen molar-refractivity contribution in [3.05, 3.63) is 181 Å². The SMILES string of the molecule is CC1(C)CCC(C)(C)c2cc3c(cc21)c1c2ccccc2c2ccccc2c1n3-c1ccc(-c2nc(-c3ccccc3)nc(-c3ccc4ccc5ccccc5c4c3)n2)cc1. The lowest BCUT2D eigenvalue weighted by Gasteiger charge is -2.42. The van der Waals surface area contributed by atoms with Crippen molar-refractivity contribution < 1.29 is 0 Å². The molecule has 0 amide bonds. The van der Waals surface area contributed by atoms with E-state index in [1.54, 1.807) is 0 Å². The first-order valence-electron chi connectivity index (χ1n) is 21.5. The molecule has 1 aliphatic carbocycles. The summed E-state index contributed by atoms with van der Waals surface area (Å²) in [5.74, 6) is 1.95. The van der Waals surface area contributed by atoms with Crippen LogP contribution in [0.5, 0.6) is 0 Å². The van der Waals surface area contributed by atoms with Crippen LogP contribution in [-0.2, 0) is 10.8 Å². The highest BCUT2D eigenvalue weighted by Crippen LogP contribution is 2.50. The third-order valence-electron chi connectivity index (χ3n) is 13.7. The molecule has 0 spiro atoms. The van der Waals surface area contributed by atoms with Gasteiger partial charge in [0.1, 0.15) is 0 Å². The molecule has 4 nitrogen and oxygen atoms in total. The maximum absolute atomic E-state index is 5.20. The number of hydrogen-bond acceptors (Lipinski definition) is 3. The minimum Gasteiger partial charge on any atom is -0.309 e. The largest absolute Gasteiger partial charge is 0.309 e. The first-order valence-corrected chi connectivity index (χ1v) is 21.5. The number of nitrogens with zero attached hydrogens (tertiary/aromatic N) is 4. The molecule has 4 heteroatoms. The zero-order valence-corrected chi connectivity index (χ0v) is 34.9. The minimum absolute atomic E-state index is 0.0688. The van der Waals surface area contributed by atoms with Crippen molar-refractivity contribution >= 4 is 64.9 Å². The first-order chi connectivity index (χ1) is 29.7. The lowest BCUT2D eigenvalue weighted by molar-refractivity contribution is 0.332. The van der Waals surface area contributed by atoms with Crippen molar-refractivity contribution in [2.45, 2.75) is 51.4 Å². The van der Waals surface area contributed by atoms with E-state index in [0.717, 1.165) is 28.8 Å². The van der Waals surface area contributed by atoms with Gasteiger partial charge in [-0.15, -0.1) is 0 Å². The van der Waals surface area contributed by atoms with Gasteiger partial charge >= 0.3 is 0 Å². The highest BCUT2D eigenvalue weighted by atomic mass is 15.0. The zero-order chi connectivity index (χ0) is 41.0. The Labute approximate surface area is 355 Å². The summed E-state index contributed by atoms with van der Waals surface area (Å²) in [6, 6.07) is 61.5. The van der Waals surface area contributed by atoms with E-state index in [2.05, 4.69) is 184 Å². The molecule has 0 unspecified atom stereocenters. The molecule has 2 aromatic heterocycles. The van der Waals surface area contributed by atoms with Crippen LogP contribution in [0.1, 0.15) is 51.7 Å². The average Bonchev–Trinajstić information content (AvgIpc) is 3.65. The molecule has 1 aliphatic rings. The number of benzene rings is 9. The lowest BCUT2D eigenvalue weighted by Crippen LogP contribution is -2.33.